The van der Waals surface area contributed by atoms with E-state index in [-0.39, 0.29) is 16.7 Å². The number of hydrogen-bond donors (Lipinski definition) is 1. The largest absolute Gasteiger partial charge is 0.489 e. The van der Waals surface area contributed by atoms with Crippen LogP contribution in [0.3, 0.4) is 0 Å². The lowest BCUT2D eigenvalue weighted by Gasteiger charge is -2.17. The number of aromatic carboxylic acids is 1. The molecule has 0 saturated heterocycles. The van der Waals surface area contributed by atoms with Crippen LogP contribution in [0.5, 0.6) is 5.75 Å². The van der Waals surface area contributed by atoms with Crippen LogP contribution in [0.25, 0.3) is 0 Å². The van der Waals surface area contributed by atoms with Crippen molar-refractivity contribution in [3.8, 4) is 5.75 Å². The second kappa shape index (κ2) is 5.75. The van der Waals surface area contributed by atoms with Crippen molar-refractivity contribution in [2.75, 3.05) is 0 Å². The van der Waals surface area contributed by atoms with Gasteiger partial charge in [0.2, 0.25) is 0 Å². The van der Waals surface area contributed by atoms with Gasteiger partial charge in [0, 0.05) is 0 Å². The lowest BCUT2D eigenvalue weighted by molar-refractivity contribution is 0.0688. The minimum absolute atomic E-state index is 0.0246. The summed E-state index contributed by atoms with van der Waals surface area (Å²) >= 11 is 5.83. The second-order valence-corrected chi connectivity index (χ2v) is 3.88. The first-order valence-electron chi connectivity index (χ1n) is 5.28. The Morgan fingerprint density at radius 1 is 1.44 bits per heavy atom. The molecule has 16 heavy (non-hydrogen) atoms. The Bertz CT molecular complexity index is 373. The van der Waals surface area contributed by atoms with Crippen LogP contribution in [0, 0.1) is 0 Å². The molecule has 0 aliphatic carbocycles. The van der Waals surface area contributed by atoms with Gasteiger partial charge in [-0.2, -0.15) is 0 Å². The molecule has 0 saturated carbocycles. The van der Waals surface area contributed by atoms with Gasteiger partial charge in [-0.15, -0.1) is 0 Å². The summed E-state index contributed by atoms with van der Waals surface area (Å²) in [7, 11) is 0. The first-order valence-corrected chi connectivity index (χ1v) is 5.66. The number of carbonyl (C=O) groups is 1. The van der Waals surface area contributed by atoms with Crippen LogP contribution in [0.1, 0.15) is 37.0 Å². The van der Waals surface area contributed by atoms with Crippen LogP contribution in [0.4, 0.5) is 0 Å². The number of rotatable bonds is 5. The lowest BCUT2D eigenvalue weighted by Crippen LogP contribution is -2.16. The molecule has 0 bridgehead atoms. The van der Waals surface area contributed by atoms with E-state index in [4.69, 9.17) is 21.4 Å². The van der Waals surface area contributed by atoms with Gasteiger partial charge in [0.1, 0.15) is 11.3 Å². The number of ether oxygens (including phenoxy) is 1. The highest BCUT2D eigenvalue weighted by Crippen LogP contribution is 2.27. The zero-order valence-corrected chi connectivity index (χ0v) is 10.1. The maximum atomic E-state index is 11.0. The topological polar surface area (TPSA) is 46.5 Å². The molecule has 0 unspecified atom stereocenters. The number of halogens is 1. The average molecular weight is 243 g/mol. The van der Waals surface area contributed by atoms with E-state index in [9.17, 15) is 4.79 Å². The van der Waals surface area contributed by atoms with E-state index in [1.807, 2.05) is 13.8 Å². The maximum Gasteiger partial charge on any atom is 0.341 e. The van der Waals surface area contributed by atoms with Crippen molar-refractivity contribution in [1.82, 2.24) is 0 Å². The molecule has 0 radical (unpaired) electrons. The Labute approximate surface area is 100.0 Å². The summed E-state index contributed by atoms with van der Waals surface area (Å²) in [6.07, 6.45) is 1.70. The molecule has 4 heteroatoms. The summed E-state index contributed by atoms with van der Waals surface area (Å²) < 4.78 is 5.62. The van der Waals surface area contributed by atoms with E-state index in [0.717, 1.165) is 12.8 Å². The van der Waals surface area contributed by atoms with Crippen LogP contribution in [0.15, 0.2) is 18.2 Å². The van der Waals surface area contributed by atoms with Gasteiger partial charge in [-0.3, -0.25) is 0 Å². The first-order chi connectivity index (χ1) is 7.60. The predicted molar refractivity (Wildman–Crippen MR) is 63.4 cm³/mol. The normalized spacial score (nSPS) is 10.5. The van der Waals surface area contributed by atoms with E-state index in [1.165, 1.54) is 0 Å². The zero-order chi connectivity index (χ0) is 12.1. The van der Waals surface area contributed by atoms with Gasteiger partial charge >= 0.3 is 5.97 Å². The fraction of sp³-hybridized carbons (Fsp3) is 0.417. The van der Waals surface area contributed by atoms with Gasteiger partial charge in [-0.1, -0.05) is 31.5 Å². The molecule has 0 fully saturated rings. The first kappa shape index (κ1) is 12.8. The van der Waals surface area contributed by atoms with Gasteiger partial charge < -0.3 is 9.84 Å². The molecule has 0 spiro atoms. The minimum atomic E-state index is -1.06. The van der Waals surface area contributed by atoms with E-state index in [2.05, 4.69) is 0 Å². The van der Waals surface area contributed by atoms with Crippen molar-refractivity contribution in [3.63, 3.8) is 0 Å². The van der Waals surface area contributed by atoms with Crippen molar-refractivity contribution < 1.29 is 14.6 Å². The summed E-state index contributed by atoms with van der Waals surface area (Å²) in [5.74, 6) is -0.722. The smallest absolute Gasteiger partial charge is 0.341 e. The monoisotopic (exact) mass is 242 g/mol. The van der Waals surface area contributed by atoms with Gasteiger partial charge in [0.05, 0.1) is 11.1 Å². The van der Waals surface area contributed by atoms with Crippen molar-refractivity contribution in [2.24, 2.45) is 0 Å². The molecule has 0 aliphatic rings. The average Bonchev–Trinajstić information content (AvgIpc) is 2.25. The zero-order valence-electron chi connectivity index (χ0n) is 9.37. The van der Waals surface area contributed by atoms with Crippen molar-refractivity contribution in [2.45, 2.75) is 32.8 Å². The Hall–Kier alpha value is -1.22. The fourth-order valence-electron chi connectivity index (χ4n) is 1.45. The highest BCUT2D eigenvalue weighted by atomic mass is 35.5. The van der Waals surface area contributed by atoms with Crippen LogP contribution >= 0.6 is 11.6 Å². The second-order valence-electron chi connectivity index (χ2n) is 3.47. The fourth-order valence-corrected chi connectivity index (χ4v) is 1.69. The number of benzene rings is 1. The molecule has 1 N–H and O–H groups in total. The van der Waals surface area contributed by atoms with Crippen LogP contribution in [-0.2, 0) is 0 Å². The number of carboxylic acids is 1. The van der Waals surface area contributed by atoms with Crippen molar-refractivity contribution in [3.05, 3.63) is 28.8 Å². The van der Waals surface area contributed by atoms with Crippen molar-refractivity contribution >= 4 is 17.6 Å². The van der Waals surface area contributed by atoms with E-state index in [1.54, 1.807) is 18.2 Å². The Balaban J connectivity index is 3.03. The van der Waals surface area contributed by atoms with Crippen LogP contribution < -0.4 is 4.74 Å². The standard InChI is InChI=1S/C12H15ClO3/c1-3-8(4-2)16-10-7-5-6-9(13)11(10)12(14)15/h5-8H,3-4H2,1-2H3,(H,14,15). The quantitative estimate of drug-likeness (QED) is 0.858. The van der Waals surface area contributed by atoms with E-state index >= 15 is 0 Å². The Morgan fingerprint density at radius 2 is 2.06 bits per heavy atom. The van der Waals surface area contributed by atoms with E-state index in [0.29, 0.717) is 5.75 Å². The molecule has 3 nitrogen and oxygen atoms in total. The summed E-state index contributed by atoms with van der Waals surface area (Å²) in [5, 5.41) is 9.24. The predicted octanol–water partition coefficient (Wildman–Crippen LogP) is 3.61. The summed E-state index contributed by atoms with van der Waals surface area (Å²) in [5.41, 5.74) is 0.0380. The van der Waals surface area contributed by atoms with E-state index < -0.39 is 5.97 Å². The highest BCUT2D eigenvalue weighted by molar-refractivity contribution is 6.33. The molecule has 0 heterocycles. The third-order valence-electron chi connectivity index (χ3n) is 2.39. The molecule has 0 amide bonds. The Kier molecular flexibility index (Phi) is 4.62. The van der Waals surface area contributed by atoms with Gasteiger partial charge in [0.15, 0.2) is 0 Å². The molecular formula is C12H15ClO3. The SMILES string of the molecule is CCC(CC)Oc1cccc(Cl)c1C(=O)O. The molecule has 0 aliphatic heterocycles. The minimum Gasteiger partial charge on any atom is -0.489 e. The van der Waals surface area contributed by atoms with Crippen molar-refractivity contribution in [1.29, 1.82) is 0 Å². The van der Waals surface area contributed by atoms with Crippen LogP contribution in [-0.4, -0.2) is 17.2 Å². The molecule has 0 aromatic heterocycles. The summed E-state index contributed by atoms with van der Waals surface area (Å²) in [6.45, 7) is 4.00. The number of carboxylic acid groups (broad SMARTS) is 1. The third kappa shape index (κ3) is 2.89. The Morgan fingerprint density at radius 3 is 2.56 bits per heavy atom. The lowest BCUT2D eigenvalue weighted by atomic mass is 10.2. The number of hydrogen-bond acceptors (Lipinski definition) is 2. The highest BCUT2D eigenvalue weighted by Gasteiger charge is 2.17. The molecule has 1 aromatic rings. The molecule has 88 valence electrons. The molecular weight excluding hydrogens is 228 g/mol. The van der Waals surface area contributed by atoms with Crippen LogP contribution in [0.2, 0.25) is 5.02 Å². The summed E-state index contributed by atoms with van der Waals surface area (Å²) in [4.78, 5) is 11.0. The third-order valence-corrected chi connectivity index (χ3v) is 2.71. The summed E-state index contributed by atoms with van der Waals surface area (Å²) in [6, 6.07) is 4.87. The van der Waals surface area contributed by atoms with Gasteiger partial charge in [-0.25, -0.2) is 4.79 Å². The molecule has 1 rings (SSSR count). The van der Waals surface area contributed by atoms with Gasteiger partial charge in [-0.05, 0) is 25.0 Å². The van der Waals surface area contributed by atoms with Gasteiger partial charge in [0.25, 0.3) is 0 Å². The molecule has 1 aromatic carbocycles. The maximum absolute atomic E-state index is 11.0. The molecule has 0 atom stereocenters.